The topological polar surface area (TPSA) is 55.6 Å². The van der Waals surface area contributed by atoms with Gasteiger partial charge in [0.05, 0.1) is 10.2 Å². The quantitative estimate of drug-likeness (QED) is 0.694. The second-order valence-electron chi connectivity index (χ2n) is 4.29. The second-order valence-corrected chi connectivity index (χ2v) is 6.26. The molecule has 23 heavy (non-hydrogen) atoms. The Morgan fingerprint density at radius 1 is 1.48 bits per heavy atom. The minimum absolute atomic E-state index is 0.148. The van der Waals surface area contributed by atoms with Crippen LogP contribution in [-0.4, -0.2) is 27.9 Å². The Bertz CT molecular complexity index is 906. The van der Waals surface area contributed by atoms with Crippen LogP contribution in [0.2, 0.25) is 5.02 Å². The molecule has 122 valence electrons. The lowest BCUT2D eigenvalue weighted by atomic mass is 10.3. The fraction of sp³-hybridized carbons (Fsp3) is 0.167. The second kappa shape index (κ2) is 5.77. The van der Waals surface area contributed by atoms with E-state index in [-0.39, 0.29) is 16.6 Å². The Balaban J connectivity index is 2.09. The number of nitrogens with zero attached hydrogens (tertiary/aromatic N) is 2. The minimum atomic E-state index is -4.82. The van der Waals surface area contributed by atoms with Crippen molar-refractivity contribution >= 4 is 56.0 Å². The normalized spacial score (nSPS) is 12.0. The van der Waals surface area contributed by atoms with Crippen molar-refractivity contribution in [3.8, 4) is 5.75 Å². The van der Waals surface area contributed by atoms with Gasteiger partial charge in [-0.15, -0.1) is 13.2 Å². The van der Waals surface area contributed by atoms with Gasteiger partial charge in [0.1, 0.15) is 16.5 Å². The van der Waals surface area contributed by atoms with Gasteiger partial charge in [0.15, 0.2) is 4.96 Å². The SMILES string of the molecule is CSNC(=O)c1cn2c(n1)sc1c(Cl)c(OC(F)(F)F)ccc12. The lowest BCUT2D eigenvalue weighted by Gasteiger charge is -2.10. The molecule has 0 aliphatic carbocycles. The van der Waals surface area contributed by atoms with Gasteiger partial charge in [0, 0.05) is 12.5 Å². The van der Waals surface area contributed by atoms with Gasteiger partial charge in [0.25, 0.3) is 5.91 Å². The predicted molar refractivity (Wildman–Crippen MR) is 83.2 cm³/mol. The molecule has 1 amide bonds. The lowest BCUT2D eigenvalue weighted by molar-refractivity contribution is -0.274. The highest BCUT2D eigenvalue weighted by Gasteiger charge is 2.32. The number of fused-ring (bicyclic) bond motifs is 3. The van der Waals surface area contributed by atoms with E-state index in [1.807, 2.05) is 0 Å². The maximum Gasteiger partial charge on any atom is 0.573 e. The summed E-state index contributed by atoms with van der Waals surface area (Å²) in [5.41, 5.74) is 0.750. The van der Waals surface area contributed by atoms with E-state index < -0.39 is 12.1 Å². The number of benzene rings is 1. The monoisotopic (exact) mass is 381 g/mol. The molecule has 1 aromatic carbocycles. The number of imidazole rings is 1. The van der Waals surface area contributed by atoms with E-state index in [1.165, 1.54) is 12.3 Å². The summed E-state index contributed by atoms with van der Waals surface area (Å²) in [6.07, 6.45) is -1.62. The molecule has 5 nitrogen and oxygen atoms in total. The van der Waals surface area contributed by atoms with E-state index >= 15 is 0 Å². The molecule has 0 aliphatic heterocycles. The van der Waals surface area contributed by atoms with Crippen LogP contribution in [0, 0.1) is 0 Å². The first kappa shape index (κ1) is 16.2. The van der Waals surface area contributed by atoms with Crippen LogP contribution in [-0.2, 0) is 0 Å². The molecule has 0 radical (unpaired) electrons. The highest BCUT2D eigenvalue weighted by Crippen LogP contribution is 2.40. The molecule has 0 fully saturated rings. The van der Waals surface area contributed by atoms with E-state index in [2.05, 4.69) is 14.4 Å². The van der Waals surface area contributed by atoms with E-state index in [1.54, 1.807) is 10.7 Å². The molecule has 0 spiro atoms. The van der Waals surface area contributed by atoms with Crippen molar-refractivity contribution in [2.24, 2.45) is 0 Å². The van der Waals surface area contributed by atoms with E-state index in [9.17, 15) is 18.0 Å². The summed E-state index contributed by atoms with van der Waals surface area (Å²) in [4.78, 5) is 16.3. The summed E-state index contributed by atoms with van der Waals surface area (Å²) in [6.45, 7) is 0. The maximum absolute atomic E-state index is 12.3. The Hall–Kier alpha value is -1.65. The number of carbonyl (C=O) groups is 1. The summed E-state index contributed by atoms with van der Waals surface area (Å²) in [5, 5.41) is -0.148. The summed E-state index contributed by atoms with van der Waals surface area (Å²) < 4.78 is 45.4. The van der Waals surface area contributed by atoms with Crippen molar-refractivity contribution in [1.29, 1.82) is 0 Å². The van der Waals surface area contributed by atoms with Crippen molar-refractivity contribution in [1.82, 2.24) is 14.1 Å². The first-order valence-electron chi connectivity index (χ1n) is 5.99. The Morgan fingerprint density at radius 2 is 2.22 bits per heavy atom. The van der Waals surface area contributed by atoms with Gasteiger partial charge in [-0.1, -0.05) is 34.9 Å². The lowest BCUT2D eigenvalue weighted by Crippen LogP contribution is -2.17. The van der Waals surface area contributed by atoms with Gasteiger partial charge in [-0.2, -0.15) is 0 Å². The van der Waals surface area contributed by atoms with Gasteiger partial charge in [-0.25, -0.2) is 4.98 Å². The molecule has 0 atom stereocenters. The average molecular weight is 382 g/mol. The number of ether oxygens (including phenoxy) is 1. The summed E-state index contributed by atoms with van der Waals surface area (Å²) >= 11 is 8.20. The molecule has 3 rings (SSSR count). The third kappa shape index (κ3) is 3.06. The molecule has 0 saturated carbocycles. The Labute approximate surface area is 140 Å². The van der Waals surface area contributed by atoms with Gasteiger partial charge in [-0.05, 0) is 12.1 Å². The highest BCUT2D eigenvalue weighted by atomic mass is 35.5. The van der Waals surface area contributed by atoms with E-state index in [0.29, 0.717) is 15.2 Å². The van der Waals surface area contributed by atoms with Gasteiger partial charge < -0.3 is 4.74 Å². The van der Waals surface area contributed by atoms with Crippen molar-refractivity contribution in [3.05, 3.63) is 29.0 Å². The first-order valence-corrected chi connectivity index (χ1v) is 8.41. The van der Waals surface area contributed by atoms with Gasteiger partial charge in [-0.3, -0.25) is 13.9 Å². The number of carbonyl (C=O) groups excluding carboxylic acids is 1. The summed E-state index contributed by atoms with van der Waals surface area (Å²) in [5.74, 6) is -0.832. The summed E-state index contributed by atoms with van der Waals surface area (Å²) in [7, 11) is 0. The molecule has 1 N–H and O–H groups in total. The Morgan fingerprint density at radius 3 is 2.87 bits per heavy atom. The Kier molecular flexibility index (Phi) is 4.07. The maximum atomic E-state index is 12.3. The molecule has 0 aliphatic rings. The minimum Gasteiger partial charge on any atom is -0.404 e. The average Bonchev–Trinajstić information content (AvgIpc) is 2.99. The number of hydrogen-bond donors (Lipinski definition) is 1. The molecule has 2 heterocycles. The number of alkyl halides is 3. The molecule has 2 aromatic heterocycles. The third-order valence-corrected chi connectivity index (χ3v) is 4.79. The largest absolute Gasteiger partial charge is 0.573 e. The number of thiazole rings is 1. The zero-order valence-corrected chi connectivity index (χ0v) is 13.7. The van der Waals surface area contributed by atoms with Crippen molar-refractivity contribution < 1.29 is 22.7 Å². The van der Waals surface area contributed by atoms with Crippen LogP contribution in [0.1, 0.15) is 10.5 Å². The fourth-order valence-corrected chi connectivity index (χ4v) is 3.61. The van der Waals surface area contributed by atoms with E-state index in [4.69, 9.17) is 11.6 Å². The van der Waals surface area contributed by atoms with Crippen LogP contribution in [0.25, 0.3) is 15.2 Å². The molecule has 0 bridgehead atoms. The fourth-order valence-electron chi connectivity index (χ4n) is 1.97. The zero-order chi connectivity index (χ0) is 16.8. The third-order valence-electron chi connectivity index (χ3n) is 2.82. The number of aromatic nitrogens is 2. The van der Waals surface area contributed by atoms with E-state index in [0.717, 1.165) is 29.4 Å². The molecule has 0 unspecified atom stereocenters. The van der Waals surface area contributed by atoms with Crippen LogP contribution in [0.3, 0.4) is 0 Å². The van der Waals surface area contributed by atoms with Crippen LogP contribution in [0.5, 0.6) is 5.75 Å². The smallest absolute Gasteiger partial charge is 0.404 e. The number of hydrogen-bond acceptors (Lipinski definition) is 5. The number of halogens is 4. The number of amides is 1. The molecule has 11 heteroatoms. The predicted octanol–water partition coefficient (Wildman–Crippen LogP) is 4.11. The number of nitrogens with one attached hydrogen (secondary N) is 1. The van der Waals surface area contributed by atoms with Crippen molar-refractivity contribution in [2.75, 3.05) is 6.26 Å². The highest BCUT2D eigenvalue weighted by molar-refractivity contribution is 7.97. The van der Waals surface area contributed by atoms with Crippen LogP contribution in [0.4, 0.5) is 13.2 Å². The molecular weight excluding hydrogens is 375 g/mol. The summed E-state index contributed by atoms with van der Waals surface area (Å²) in [6, 6.07) is 2.57. The van der Waals surface area contributed by atoms with Crippen LogP contribution < -0.4 is 9.46 Å². The molecule has 3 aromatic rings. The first-order chi connectivity index (χ1) is 10.8. The van der Waals surface area contributed by atoms with Crippen LogP contribution >= 0.6 is 34.9 Å². The van der Waals surface area contributed by atoms with Crippen molar-refractivity contribution in [2.45, 2.75) is 6.36 Å². The van der Waals surface area contributed by atoms with Crippen molar-refractivity contribution in [3.63, 3.8) is 0 Å². The van der Waals surface area contributed by atoms with Gasteiger partial charge in [0.2, 0.25) is 0 Å². The van der Waals surface area contributed by atoms with Gasteiger partial charge >= 0.3 is 6.36 Å². The standard InChI is InChI=1S/C12H7ClF3N3O2S2/c1-22-18-10(20)5-4-19-6-2-3-7(21-12(14,15)16)8(13)9(6)23-11(19)17-5/h2-4H,1H3,(H,18,20). The zero-order valence-electron chi connectivity index (χ0n) is 11.3. The number of rotatable bonds is 3. The molecular formula is C12H7ClF3N3O2S2. The van der Waals surface area contributed by atoms with Crippen LogP contribution in [0.15, 0.2) is 18.3 Å². The molecule has 0 saturated heterocycles.